The number of piperazine rings is 1. The number of aryl methyl sites for hydroxylation is 2. The van der Waals surface area contributed by atoms with Crippen molar-refractivity contribution in [3.63, 3.8) is 0 Å². The van der Waals surface area contributed by atoms with Crippen LogP contribution in [-0.2, 0) is 4.79 Å². The summed E-state index contributed by atoms with van der Waals surface area (Å²) in [5.41, 5.74) is 2.36. The molecular weight excluding hydrogens is 380 g/mol. The predicted molar refractivity (Wildman–Crippen MR) is 114 cm³/mol. The Morgan fingerprint density at radius 3 is 2.37 bits per heavy atom. The van der Waals surface area contributed by atoms with Gasteiger partial charge in [-0.05, 0) is 56.2 Å². The lowest BCUT2D eigenvalue weighted by molar-refractivity contribution is -0.138. The molecule has 3 heterocycles. The Morgan fingerprint density at radius 2 is 1.73 bits per heavy atom. The van der Waals surface area contributed by atoms with Crippen molar-refractivity contribution in [3.8, 4) is 11.6 Å². The van der Waals surface area contributed by atoms with E-state index < -0.39 is 6.10 Å². The van der Waals surface area contributed by atoms with Gasteiger partial charge < -0.3 is 14.5 Å². The van der Waals surface area contributed by atoms with E-state index in [-0.39, 0.29) is 5.91 Å². The largest absolute Gasteiger partial charge is 0.481 e. The van der Waals surface area contributed by atoms with Crippen molar-refractivity contribution in [2.75, 3.05) is 31.1 Å². The third-order valence-corrected chi connectivity index (χ3v) is 5.46. The fourth-order valence-electron chi connectivity index (χ4n) is 3.47. The smallest absolute Gasteiger partial charge is 0.263 e. The number of hydrogen-bond donors (Lipinski definition) is 0. The molecule has 1 amide bonds. The van der Waals surface area contributed by atoms with E-state index in [9.17, 15) is 4.79 Å². The zero-order valence-electron chi connectivity index (χ0n) is 17.5. The van der Waals surface area contributed by atoms with E-state index in [4.69, 9.17) is 4.74 Å². The van der Waals surface area contributed by atoms with Crippen molar-refractivity contribution in [3.05, 3.63) is 60.2 Å². The number of benzene rings is 1. The van der Waals surface area contributed by atoms with Crippen LogP contribution < -0.4 is 9.64 Å². The Kier molecular flexibility index (Phi) is 5.65. The number of carbonyl (C=O) groups is 1. The summed E-state index contributed by atoms with van der Waals surface area (Å²) < 4.78 is 7.70. The fraction of sp³-hybridized carbons (Fsp3) is 0.364. The number of amides is 1. The van der Waals surface area contributed by atoms with Crippen molar-refractivity contribution in [1.82, 2.24) is 24.6 Å². The number of aromatic nitrogens is 4. The molecule has 4 rings (SSSR count). The van der Waals surface area contributed by atoms with E-state index in [0.29, 0.717) is 26.2 Å². The first kappa shape index (κ1) is 19.9. The summed E-state index contributed by atoms with van der Waals surface area (Å²) in [5.74, 6) is 2.27. The standard InChI is InChI=1S/C22H26N6O2/c1-16-4-5-19(14-17(16)2)30-18(3)22(29)27-12-10-26(11-13-27)20-6-7-21(25-24-20)28-9-8-23-15-28/h4-9,14-15,18H,10-13H2,1-3H3. The van der Waals surface area contributed by atoms with Gasteiger partial charge in [0.15, 0.2) is 17.7 Å². The van der Waals surface area contributed by atoms with Crippen LogP contribution in [0.3, 0.4) is 0 Å². The van der Waals surface area contributed by atoms with Gasteiger partial charge in [-0.1, -0.05) is 6.07 Å². The van der Waals surface area contributed by atoms with Crippen molar-refractivity contribution < 1.29 is 9.53 Å². The summed E-state index contributed by atoms with van der Waals surface area (Å²) >= 11 is 0. The molecule has 8 nitrogen and oxygen atoms in total. The van der Waals surface area contributed by atoms with Gasteiger partial charge in [-0.2, -0.15) is 0 Å². The van der Waals surface area contributed by atoms with Crippen LogP contribution in [0.1, 0.15) is 18.1 Å². The quantitative estimate of drug-likeness (QED) is 0.648. The average molecular weight is 406 g/mol. The maximum atomic E-state index is 12.8. The fourth-order valence-corrected chi connectivity index (χ4v) is 3.47. The molecule has 1 fully saturated rings. The highest BCUT2D eigenvalue weighted by molar-refractivity contribution is 5.81. The van der Waals surface area contributed by atoms with E-state index in [0.717, 1.165) is 22.9 Å². The van der Waals surface area contributed by atoms with Gasteiger partial charge >= 0.3 is 0 Å². The van der Waals surface area contributed by atoms with Crippen LogP contribution in [0.25, 0.3) is 5.82 Å². The van der Waals surface area contributed by atoms with Gasteiger partial charge in [-0.3, -0.25) is 9.36 Å². The van der Waals surface area contributed by atoms with Crippen molar-refractivity contribution in [2.24, 2.45) is 0 Å². The molecule has 2 aromatic heterocycles. The molecule has 30 heavy (non-hydrogen) atoms. The number of carbonyl (C=O) groups excluding carboxylic acids is 1. The molecule has 1 saturated heterocycles. The zero-order valence-corrected chi connectivity index (χ0v) is 17.5. The maximum Gasteiger partial charge on any atom is 0.263 e. The first-order valence-corrected chi connectivity index (χ1v) is 10.1. The third kappa shape index (κ3) is 4.27. The molecule has 1 aliphatic rings. The van der Waals surface area contributed by atoms with Crippen molar-refractivity contribution in [1.29, 1.82) is 0 Å². The number of anilines is 1. The number of nitrogens with zero attached hydrogens (tertiary/aromatic N) is 6. The molecule has 1 atom stereocenters. The molecule has 0 radical (unpaired) electrons. The van der Waals surface area contributed by atoms with Crippen LogP contribution in [0.2, 0.25) is 0 Å². The molecule has 1 aromatic carbocycles. The summed E-state index contributed by atoms with van der Waals surface area (Å²) in [4.78, 5) is 20.8. The minimum absolute atomic E-state index is 0.00872. The SMILES string of the molecule is Cc1ccc(OC(C)C(=O)N2CCN(c3ccc(-n4ccnc4)nn3)CC2)cc1C. The first-order chi connectivity index (χ1) is 14.5. The molecule has 0 bridgehead atoms. The monoisotopic (exact) mass is 406 g/mol. The Balaban J connectivity index is 1.32. The van der Waals surface area contributed by atoms with E-state index in [1.54, 1.807) is 12.5 Å². The molecule has 0 aliphatic carbocycles. The first-order valence-electron chi connectivity index (χ1n) is 10.1. The highest BCUT2D eigenvalue weighted by Crippen LogP contribution is 2.19. The number of imidazole rings is 1. The second-order valence-electron chi connectivity index (χ2n) is 7.54. The van der Waals surface area contributed by atoms with Crippen molar-refractivity contribution in [2.45, 2.75) is 26.9 Å². The van der Waals surface area contributed by atoms with Gasteiger partial charge in [0.25, 0.3) is 5.91 Å². The lowest BCUT2D eigenvalue weighted by atomic mass is 10.1. The number of rotatable bonds is 5. The molecular formula is C22H26N6O2. The Bertz CT molecular complexity index is 995. The second kappa shape index (κ2) is 8.52. The van der Waals surface area contributed by atoms with Gasteiger partial charge in [0.2, 0.25) is 0 Å². The van der Waals surface area contributed by atoms with Gasteiger partial charge in [0.05, 0.1) is 0 Å². The summed E-state index contributed by atoms with van der Waals surface area (Å²) in [5, 5.41) is 8.60. The van der Waals surface area contributed by atoms with E-state index >= 15 is 0 Å². The summed E-state index contributed by atoms with van der Waals surface area (Å²) in [6, 6.07) is 9.77. The minimum atomic E-state index is -0.520. The van der Waals surface area contributed by atoms with Gasteiger partial charge in [-0.25, -0.2) is 4.98 Å². The van der Waals surface area contributed by atoms with E-state index in [1.807, 2.05) is 59.8 Å². The van der Waals surface area contributed by atoms with Crippen LogP contribution in [0, 0.1) is 13.8 Å². The maximum absolute atomic E-state index is 12.8. The average Bonchev–Trinajstić information content (AvgIpc) is 3.31. The van der Waals surface area contributed by atoms with Gasteiger partial charge in [-0.15, -0.1) is 10.2 Å². The van der Waals surface area contributed by atoms with Crippen LogP contribution in [0.5, 0.6) is 5.75 Å². The zero-order chi connectivity index (χ0) is 21.1. The van der Waals surface area contributed by atoms with Gasteiger partial charge in [0.1, 0.15) is 12.1 Å². The van der Waals surface area contributed by atoms with Crippen LogP contribution >= 0.6 is 0 Å². The summed E-state index contributed by atoms with van der Waals surface area (Å²) in [7, 11) is 0. The van der Waals surface area contributed by atoms with Gasteiger partial charge in [0, 0.05) is 38.6 Å². The van der Waals surface area contributed by atoms with Crippen LogP contribution in [-0.4, -0.2) is 62.8 Å². The summed E-state index contributed by atoms with van der Waals surface area (Å²) in [6.07, 6.45) is 4.70. The molecule has 1 aliphatic heterocycles. The number of hydrogen-bond acceptors (Lipinski definition) is 6. The Hall–Kier alpha value is -3.42. The molecule has 1 unspecified atom stereocenters. The molecule has 0 spiro atoms. The lowest BCUT2D eigenvalue weighted by Crippen LogP contribution is -2.52. The molecule has 0 saturated carbocycles. The topological polar surface area (TPSA) is 76.4 Å². The number of ether oxygens (including phenoxy) is 1. The normalized spacial score (nSPS) is 15.2. The minimum Gasteiger partial charge on any atom is -0.481 e. The van der Waals surface area contributed by atoms with E-state index in [1.165, 1.54) is 5.56 Å². The molecule has 156 valence electrons. The third-order valence-electron chi connectivity index (χ3n) is 5.46. The molecule has 0 N–H and O–H groups in total. The molecule has 8 heteroatoms. The van der Waals surface area contributed by atoms with Crippen LogP contribution in [0.4, 0.5) is 5.82 Å². The van der Waals surface area contributed by atoms with Crippen LogP contribution in [0.15, 0.2) is 49.1 Å². The predicted octanol–water partition coefficient (Wildman–Crippen LogP) is 2.40. The highest BCUT2D eigenvalue weighted by Gasteiger charge is 2.26. The lowest BCUT2D eigenvalue weighted by Gasteiger charge is -2.36. The summed E-state index contributed by atoms with van der Waals surface area (Å²) in [6.45, 7) is 8.59. The highest BCUT2D eigenvalue weighted by atomic mass is 16.5. The van der Waals surface area contributed by atoms with E-state index in [2.05, 4.69) is 27.0 Å². The second-order valence-corrected chi connectivity index (χ2v) is 7.54. The Morgan fingerprint density at radius 1 is 1.00 bits per heavy atom. The molecule has 3 aromatic rings. The Labute approximate surface area is 176 Å². The van der Waals surface area contributed by atoms with Crippen molar-refractivity contribution >= 4 is 11.7 Å².